The summed E-state index contributed by atoms with van der Waals surface area (Å²) in [7, 11) is -3.68. The topological polar surface area (TPSA) is 101 Å². The molecule has 2 rings (SSSR count). The molecule has 7 nitrogen and oxygen atoms in total. The molecule has 0 saturated carbocycles. The quantitative estimate of drug-likeness (QED) is 0.551. The fourth-order valence-electron chi connectivity index (χ4n) is 1.97. The van der Waals surface area contributed by atoms with Crippen molar-refractivity contribution < 1.29 is 13.2 Å². The molecule has 0 saturated heterocycles. The Morgan fingerprint density at radius 1 is 1.25 bits per heavy atom. The first-order valence-corrected chi connectivity index (χ1v) is 9.93. The van der Waals surface area contributed by atoms with E-state index in [9.17, 15) is 13.2 Å². The number of nitrogens with zero attached hydrogens (tertiary/aromatic N) is 2. The van der Waals surface area contributed by atoms with Crippen LogP contribution >= 0.6 is 11.3 Å². The molecule has 0 aliphatic heterocycles. The van der Waals surface area contributed by atoms with Crippen molar-refractivity contribution in [2.24, 2.45) is 0 Å². The number of aromatic nitrogens is 2. The number of benzene rings is 1. The number of unbranched alkanes of at least 4 members (excludes halogenated alkanes) is 2. The van der Waals surface area contributed by atoms with Gasteiger partial charge in [-0.3, -0.25) is 10.1 Å². The van der Waals surface area contributed by atoms with Crippen molar-refractivity contribution in [3.63, 3.8) is 0 Å². The van der Waals surface area contributed by atoms with E-state index in [0.717, 1.165) is 36.2 Å². The number of rotatable bonds is 8. The van der Waals surface area contributed by atoms with Crippen LogP contribution in [0.4, 0.5) is 5.13 Å². The van der Waals surface area contributed by atoms with Gasteiger partial charge in [0.2, 0.25) is 9.47 Å². The number of hydrogen-bond donors (Lipinski definition) is 2. The van der Waals surface area contributed by atoms with Crippen LogP contribution in [0.2, 0.25) is 0 Å². The van der Waals surface area contributed by atoms with Crippen molar-refractivity contribution >= 4 is 32.4 Å². The predicted octanol–water partition coefficient (Wildman–Crippen LogP) is 2.57. The van der Waals surface area contributed by atoms with E-state index < -0.39 is 10.0 Å². The second kappa shape index (κ2) is 8.32. The molecule has 9 heteroatoms. The average molecular weight is 368 g/mol. The van der Waals surface area contributed by atoms with E-state index in [2.05, 4.69) is 20.2 Å². The Morgan fingerprint density at radius 2 is 2.04 bits per heavy atom. The second-order valence-corrected chi connectivity index (χ2v) is 8.22. The number of carbonyl (C=O) groups excluding carboxylic acids is 1. The first-order chi connectivity index (χ1) is 11.4. The van der Waals surface area contributed by atoms with Gasteiger partial charge in [-0.05, 0) is 25.5 Å². The Bertz CT molecular complexity index is 803. The van der Waals surface area contributed by atoms with Crippen LogP contribution in [0.1, 0.15) is 42.1 Å². The molecule has 1 aromatic heterocycles. The smallest absolute Gasteiger partial charge is 0.269 e. The summed E-state index contributed by atoms with van der Waals surface area (Å²) in [6.07, 6.45) is 2.73. The van der Waals surface area contributed by atoms with Gasteiger partial charge >= 0.3 is 0 Å². The summed E-state index contributed by atoms with van der Waals surface area (Å²) < 4.78 is 26.5. The van der Waals surface area contributed by atoms with Gasteiger partial charge in [-0.1, -0.05) is 48.8 Å². The predicted molar refractivity (Wildman–Crippen MR) is 93.8 cm³/mol. The number of anilines is 1. The molecular weight excluding hydrogens is 348 g/mol. The number of sulfonamides is 1. The van der Waals surface area contributed by atoms with E-state index in [1.807, 2.05) is 19.9 Å². The maximum atomic E-state index is 12.1. The van der Waals surface area contributed by atoms with Gasteiger partial charge in [0.05, 0.1) is 0 Å². The van der Waals surface area contributed by atoms with Crippen LogP contribution in [-0.4, -0.2) is 31.1 Å². The van der Waals surface area contributed by atoms with Crippen LogP contribution in [-0.2, 0) is 10.0 Å². The molecule has 0 unspecified atom stereocenters. The van der Waals surface area contributed by atoms with Gasteiger partial charge in [-0.25, -0.2) is 13.1 Å². The number of hydrogen-bond acceptors (Lipinski definition) is 6. The van der Waals surface area contributed by atoms with Gasteiger partial charge in [0, 0.05) is 12.1 Å². The summed E-state index contributed by atoms with van der Waals surface area (Å²) in [5.41, 5.74) is 1.44. The summed E-state index contributed by atoms with van der Waals surface area (Å²) in [6.45, 7) is 4.29. The highest BCUT2D eigenvalue weighted by atomic mass is 32.2. The molecule has 0 radical (unpaired) electrons. The minimum Gasteiger partial charge on any atom is -0.296 e. The van der Waals surface area contributed by atoms with E-state index in [4.69, 9.17) is 0 Å². The normalized spacial score (nSPS) is 11.4. The lowest BCUT2D eigenvalue weighted by Crippen LogP contribution is -2.24. The summed E-state index contributed by atoms with van der Waals surface area (Å²) >= 11 is 0.826. The minimum atomic E-state index is -3.68. The fourth-order valence-corrected chi connectivity index (χ4v) is 3.98. The standard InChI is InChI=1S/C15H20N4O3S2/c1-3-4-5-9-16-24(21,22)15-19-18-14(23-15)17-13(20)12-8-6-7-11(2)10-12/h6-8,10,16H,3-5,9H2,1-2H3,(H,17,18,20). The molecule has 0 aliphatic rings. The van der Waals surface area contributed by atoms with Crippen molar-refractivity contribution in [3.8, 4) is 0 Å². The molecule has 2 aromatic rings. The monoisotopic (exact) mass is 368 g/mol. The Labute approximate surface area is 145 Å². The highest BCUT2D eigenvalue weighted by molar-refractivity contribution is 7.91. The van der Waals surface area contributed by atoms with Gasteiger partial charge in [-0.15, -0.1) is 10.2 Å². The molecule has 1 amide bonds. The highest BCUT2D eigenvalue weighted by Gasteiger charge is 2.20. The number of nitrogens with one attached hydrogen (secondary N) is 2. The average Bonchev–Trinajstić information content (AvgIpc) is 3.01. The zero-order chi connectivity index (χ0) is 17.6. The molecule has 130 valence electrons. The fraction of sp³-hybridized carbons (Fsp3) is 0.400. The van der Waals surface area contributed by atoms with Crippen LogP contribution in [0.5, 0.6) is 0 Å². The zero-order valence-electron chi connectivity index (χ0n) is 13.6. The van der Waals surface area contributed by atoms with Gasteiger partial charge in [-0.2, -0.15) is 0 Å². The lowest BCUT2D eigenvalue weighted by atomic mass is 10.1. The maximum absolute atomic E-state index is 12.1. The first-order valence-electron chi connectivity index (χ1n) is 7.63. The highest BCUT2D eigenvalue weighted by Crippen LogP contribution is 2.20. The number of amides is 1. The molecule has 0 atom stereocenters. The molecule has 0 spiro atoms. The maximum Gasteiger partial charge on any atom is 0.269 e. The molecule has 0 fully saturated rings. The first kappa shape index (κ1) is 18.5. The molecule has 0 aliphatic carbocycles. The number of carbonyl (C=O) groups is 1. The van der Waals surface area contributed by atoms with Crippen molar-refractivity contribution in [2.75, 3.05) is 11.9 Å². The summed E-state index contributed by atoms with van der Waals surface area (Å²) in [6, 6.07) is 7.08. The summed E-state index contributed by atoms with van der Waals surface area (Å²) in [5.74, 6) is -0.352. The molecule has 0 bridgehead atoms. The SMILES string of the molecule is CCCCCNS(=O)(=O)c1nnc(NC(=O)c2cccc(C)c2)s1. The van der Waals surface area contributed by atoms with Crippen molar-refractivity contribution in [1.29, 1.82) is 0 Å². The van der Waals surface area contributed by atoms with Crippen molar-refractivity contribution in [3.05, 3.63) is 35.4 Å². The molecule has 1 aromatic carbocycles. The van der Waals surface area contributed by atoms with Crippen LogP contribution in [0.3, 0.4) is 0 Å². The molecular formula is C15H20N4O3S2. The second-order valence-electron chi connectivity index (χ2n) is 5.30. The lowest BCUT2D eigenvalue weighted by molar-refractivity contribution is 0.102. The Kier molecular flexibility index (Phi) is 6.41. The number of aryl methyl sites for hydroxylation is 1. The van der Waals surface area contributed by atoms with E-state index in [1.165, 1.54) is 0 Å². The lowest BCUT2D eigenvalue weighted by Gasteiger charge is -2.02. The van der Waals surface area contributed by atoms with Crippen LogP contribution < -0.4 is 10.0 Å². The summed E-state index contributed by atoms with van der Waals surface area (Å²) in [4.78, 5) is 12.1. The summed E-state index contributed by atoms with van der Waals surface area (Å²) in [5, 5.41) is 10.1. The van der Waals surface area contributed by atoms with Crippen LogP contribution in [0.25, 0.3) is 0 Å². The van der Waals surface area contributed by atoms with E-state index in [0.29, 0.717) is 12.1 Å². The molecule has 24 heavy (non-hydrogen) atoms. The molecule has 1 heterocycles. The van der Waals surface area contributed by atoms with Gasteiger partial charge in [0.25, 0.3) is 15.9 Å². The third-order valence-electron chi connectivity index (χ3n) is 3.21. The van der Waals surface area contributed by atoms with Crippen molar-refractivity contribution in [1.82, 2.24) is 14.9 Å². The van der Waals surface area contributed by atoms with E-state index in [1.54, 1.807) is 18.2 Å². The molecule has 2 N–H and O–H groups in total. The third-order valence-corrected chi connectivity index (χ3v) is 5.88. The third kappa shape index (κ3) is 5.08. The van der Waals surface area contributed by atoms with Gasteiger partial charge < -0.3 is 0 Å². The van der Waals surface area contributed by atoms with E-state index in [-0.39, 0.29) is 15.4 Å². The zero-order valence-corrected chi connectivity index (χ0v) is 15.2. The van der Waals surface area contributed by atoms with Crippen LogP contribution in [0.15, 0.2) is 28.6 Å². The minimum absolute atomic E-state index is 0.149. The Morgan fingerprint density at radius 3 is 2.75 bits per heavy atom. The van der Waals surface area contributed by atoms with Crippen LogP contribution in [0, 0.1) is 6.92 Å². The van der Waals surface area contributed by atoms with Gasteiger partial charge in [0.15, 0.2) is 0 Å². The van der Waals surface area contributed by atoms with Crippen molar-refractivity contribution in [2.45, 2.75) is 37.4 Å². The Balaban J connectivity index is 2.01. The Hall–Kier alpha value is -1.84. The van der Waals surface area contributed by atoms with Gasteiger partial charge in [0.1, 0.15) is 0 Å². The largest absolute Gasteiger partial charge is 0.296 e. The van der Waals surface area contributed by atoms with E-state index >= 15 is 0 Å².